The van der Waals surface area contributed by atoms with E-state index in [0.29, 0.717) is 0 Å². The molecule has 0 aliphatic carbocycles. The van der Waals surface area contributed by atoms with E-state index in [9.17, 15) is 19.5 Å². The van der Waals surface area contributed by atoms with Crippen LogP contribution in [0.4, 0.5) is 0 Å². The van der Waals surface area contributed by atoms with Gasteiger partial charge in [-0.25, -0.2) is 0 Å². The number of nitrogens with one attached hydrogen (secondary N) is 2. The normalized spacial score (nSPS) is 13.3. The summed E-state index contributed by atoms with van der Waals surface area (Å²) in [5.74, 6) is -1.68. The number of rotatable bonds is 11. The number of hydrogen-bond acceptors (Lipinski definition) is 5. The Labute approximate surface area is 204 Å². The zero-order valence-corrected chi connectivity index (χ0v) is 19.6. The number of amides is 2. The minimum Gasteiger partial charge on any atom is -0.391 e. The maximum atomic E-state index is 13.0. The number of carbonyl (C=O) groups excluding carboxylic acids is 3. The first-order valence-corrected chi connectivity index (χ1v) is 11.5. The van der Waals surface area contributed by atoms with Crippen molar-refractivity contribution in [2.24, 2.45) is 0 Å². The number of hydrogen-bond donors (Lipinski definition) is 4. The van der Waals surface area contributed by atoms with Crippen LogP contribution in [-0.2, 0) is 27.2 Å². The molecule has 3 rings (SSSR count). The molecule has 0 unspecified atom stereocenters. The Balaban J connectivity index is 1.70. The van der Waals surface area contributed by atoms with E-state index in [1.54, 1.807) is 0 Å². The van der Waals surface area contributed by atoms with Gasteiger partial charge in [-0.05, 0) is 29.2 Å². The van der Waals surface area contributed by atoms with Gasteiger partial charge in [-0.1, -0.05) is 84.9 Å². The molecule has 0 saturated heterocycles. The largest absolute Gasteiger partial charge is 0.391 e. The Morgan fingerprint density at radius 3 is 1.91 bits per heavy atom. The van der Waals surface area contributed by atoms with Crippen molar-refractivity contribution in [3.63, 3.8) is 0 Å². The highest BCUT2D eigenvalue weighted by Gasteiger charge is 2.29. The summed E-state index contributed by atoms with van der Waals surface area (Å²) in [5.41, 5.74) is 3.72. The van der Waals surface area contributed by atoms with Crippen molar-refractivity contribution >= 4 is 17.6 Å². The molecule has 0 fully saturated rings. The van der Waals surface area contributed by atoms with E-state index < -0.39 is 36.5 Å². The average molecular weight is 475 g/mol. The van der Waals surface area contributed by atoms with E-state index in [2.05, 4.69) is 10.6 Å². The van der Waals surface area contributed by atoms with Crippen LogP contribution >= 0.6 is 0 Å². The van der Waals surface area contributed by atoms with Gasteiger partial charge in [0, 0.05) is 6.42 Å². The van der Waals surface area contributed by atoms with Crippen LogP contribution in [0.15, 0.2) is 84.9 Å². The molecule has 7 nitrogen and oxygen atoms in total. The first kappa shape index (κ1) is 25.8. The van der Waals surface area contributed by atoms with E-state index in [1.165, 1.54) is 6.92 Å². The van der Waals surface area contributed by atoms with E-state index in [-0.39, 0.29) is 18.7 Å². The molecular formula is C28H30N2O5. The molecule has 0 aliphatic heterocycles. The molecule has 3 aromatic carbocycles. The topological polar surface area (TPSA) is 116 Å². The summed E-state index contributed by atoms with van der Waals surface area (Å²) in [5, 5.41) is 24.3. The molecule has 35 heavy (non-hydrogen) atoms. The molecule has 0 radical (unpaired) electrons. The second-order valence-corrected chi connectivity index (χ2v) is 8.40. The third-order valence-corrected chi connectivity index (χ3v) is 5.64. The second kappa shape index (κ2) is 12.6. The van der Waals surface area contributed by atoms with Crippen LogP contribution in [0, 0.1) is 0 Å². The fourth-order valence-corrected chi connectivity index (χ4v) is 3.76. The Morgan fingerprint density at radius 1 is 0.771 bits per heavy atom. The quantitative estimate of drug-likeness (QED) is 0.340. The molecule has 3 aromatic rings. The highest BCUT2D eigenvalue weighted by molar-refractivity contribution is 5.94. The summed E-state index contributed by atoms with van der Waals surface area (Å²) < 4.78 is 0. The van der Waals surface area contributed by atoms with Gasteiger partial charge >= 0.3 is 0 Å². The van der Waals surface area contributed by atoms with Gasteiger partial charge in [-0.3, -0.25) is 14.4 Å². The lowest BCUT2D eigenvalue weighted by Crippen LogP contribution is -2.56. The Morgan fingerprint density at radius 2 is 1.34 bits per heavy atom. The van der Waals surface area contributed by atoms with Crippen molar-refractivity contribution in [3.8, 4) is 11.1 Å². The maximum absolute atomic E-state index is 13.0. The molecule has 0 aliphatic rings. The number of aliphatic hydroxyl groups excluding tert-OH is 2. The molecule has 0 heterocycles. The predicted octanol–water partition coefficient (Wildman–Crippen LogP) is 2.05. The third-order valence-electron chi connectivity index (χ3n) is 5.64. The van der Waals surface area contributed by atoms with Crippen LogP contribution in [0.5, 0.6) is 0 Å². The number of Topliss-reactive ketones (excluding diaryl/α,β-unsaturated/α-hetero) is 1. The summed E-state index contributed by atoms with van der Waals surface area (Å²) in [6.45, 7) is 0.535. The van der Waals surface area contributed by atoms with Crippen molar-refractivity contribution in [1.29, 1.82) is 0 Å². The van der Waals surface area contributed by atoms with Crippen LogP contribution in [0.1, 0.15) is 18.1 Å². The molecule has 0 spiro atoms. The summed E-state index contributed by atoms with van der Waals surface area (Å²) in [7, 11) is 0. The number of ketones is 1. The van der Waals surface area contributed by atoms with Crippen molar-refractivity contribution in [2.75, 3.05) is 6.61 Å². The van der Waals surface area contributed by atoms with Crippen molar-refractivity contribution < 1.29 is 24.6 Å². The summed E-state index contributed by atoms with van der Waals surface area (Å²) >= 11 is 0. The van der Waals surface area contributed by atoms with Gasteiger partial charge in [-0.2, -0.15) is 0 Å². The van der Waals surface area contributed by atoms with Crippen LogP contribution < -0.4 is 10.6 Å². The van der Waals surface area contributed by atoms with E-state index in [1.807, 2.05) is 84.9 Å². The Bertz CT molecular complexity index is 1120. The molecule has 3 atom stereocenters. The van der Waals surface area contributed by atoms with Crippen LogP contribution in [-0.4, -0.2) is 52.6 Å². The molecule has 182 valence electrons. The van der Waals surface area contributed by atoms with E-state index in [0.717, 1.165) is 22.3 Å². The van der Waals surface area contributed by atoms with Crippen LogP contribution in [0.3, 0.4) is 0 Å². The molecule has 0 aromatic heterocycles. The molecule has 7 heteroatoms. The van der Waals surface area contributed by atoms with Crippen LogP contribution in [0.25, 0.3) is 11.1 Å². The molecule has 4 N–H and O–H groups in total. The minimum absolute atomic E-state index is 0.0725. The number of benzene rings is 3. The van der Waals surface area contributed by atoms with E-state index in [4.69, 9.17) is 5.11 Å². The summed E-state index contributed by atoms with van der Waals surface area (Å²) in [4.78, 5) is 37.8. The number of carbonyl (C=O) groups is 3. The lowest BCUT2D eigenvalue weighted by atomic mass is 10.0. The van der Waals surface area contributed by atoms with E-state index >= 15 is 0 Å². The molecule has 0 bridgehead atoms. The van der Waals surface area contributed by atoms with Gasteiger partial charge in [0.2, 0.25) is 11.8 Å². The molecule has 2 amide bonds. The van der Waals surface area contributed by atoms with Crippen molar-refractivity contribution in [2.45, 2.75) is 38.0 Å². The fourth-order valence-electron chi connectivity index (χ4n) is 3.76. The highest BCUT2D eigenvalue weighted by Crippen LogP contribution is 2.19. The van der Waals surface area contributed by atoms with Crippen molar-refractivity contribution in [1.82, 2.24) is 10.6 Å². The lowest BCUT2D eigenvalue weighted by Gasteiger charge is -2.24. The predicted molar refractivity (Wildman–Crippen MR) is 133 cm³/mol. The van der Waals surface area contributed by atoms with Gasteiger partial charge in [0.15, 0.2) is 5.78 Å². The zero-order valence-electron chi connectivity index (χ0n) is 19.6. The lowest BCUT2D eigenvalue weighted by molar-refractivity contribution is -0.134. The Kier molecular flexibility index (Phi) is 9.29. The van der Waals surface area contributed by atoms with Crippen LogP contribution in [0.2, 0.25) is 0 Å². The Hall–Kier alpha value is -3.81. The first-order chi connectivity index (χ1) is 16.9. The fraction of sp³-hybridized carbons (Fsp3) is 0.250. The second-order valence-electron chi connectivity index (χ2n) is 8.40. The molecular weight excluding hydrogens is 444 g/mol. The third kappa shape index (κ3) is 7.60. The monoisotopic (exact) mass is 474 g/mol. The van der Waals surface area contributed by atoms with Crippen molar-refractivity contribution in [3.05, 3.63) is 96.1 Å². The van der Waals surface area contributed by atoms with Gasteiger partial charge in [0.05, 0.1) is 12.5 Å². The summed E-state index contributed by atoms with van der Waals surface area (Å²) in [6.07, 6.45) is -0.927. The average Bonchev–Trinajstić information content (AvgIpc) is 2.87. The maximum Gasteiger partial charge on any atom is 0.243 e. The van der Waals surface area contributed by atoms with Gasteiger partial charge in [-0.15, -0.1) is 0 Å². The smallest absolute Gasteiger partial charge is 0.243 e. The summed E-state index contributed by atoms with van der Waals surface area (Å²) in [6, 6.07) is 24.5. The standard InChI is InChI=1S/C28H30N2O5/c1-19(32)27(25(33)18-31)30-28(35)24(16-20-8-4-2-5-9-20)29-26(34)17-21-12-14-23(15-13-21)22-10-6-3-7-11-22/h2-15,19,24,27,31-32H,16-18H2,1H3,(H,29,34)(H,30,35)/t19-,24+,27+/m1/s1. The van der Waals surface area contributed by atoms with Gasteiger partial charge < -0.3 is 20.8 Å². The van der Waals surface area contributed by atoms with Gasteiger partial charge in [0.25, 0.3) is 0 Å². The highest BCUT2D eigenvalue weighted by atomic mass is 16.3. The molecule has 0 saturated carbocycles. The SMILES string of the molecule is C[C@@H](O)[C@H](NC(=O)[C@H](Cc1ccccc1)NC(=O)Cc1ccc(-c2ccccc2)cc1)C(=O)CO. The first-order valence-electron chi connectivity index (χ1n) is 11.5. The number of aliphatic hydroxyl groups is 2. The minimum atomic E-state index is -1.27. The van der Waals surface area contributed by atoms with Gasteiger partial charge in [0.1, 0.15) is 18.7 Å². The zero-order chi connectivity index (χ0) is 25.2.